The highest BCUT2D eigenvalue weighted by atomic mass is 19.4. The first-order valence-electron chi connectivity index (χ1n) is 11.2. The molecule has 0 aliphatic rings. The average Bonchev–Trinajstić information content (AvgIpc) is 3.33. The molecule has 0 aliphatic carbocycles. The summed E-state index contributed by atoms with van der Waals surface area (Å²) in [5, 5.41) is 9.66. The SMILES string of the molecule is Cc1cc(N(C=O)c2c(C)cccc2N(C)CC(=O)NCC(F)(F)F)cnc1-c1cncc2[nH]ncc12. The zero-order valence-corrected chi connectivity index (χ0v) is 20.3. The van der Waals surface area contributed by atoms with Gasteiger partial charge in [-0.3, -0.25) is 29.6 Å². The van der Waals surface area contributed by atoms with Crippen LogP contribution in [0, 0.1) is 13.8 Å². The number of aromatic nitrogens is 4. The van der Waals surface area contributed by atoms with Crippen molar-refractivity contribution >= 4 is 40.3 Å². The summed E-state index contributed by atoms with van der Waals surface area (Å²) in [5.41, 5.74) is 5.19. The highest BCUT2D eigenvalue weighted by molar-refractivity contribution is 5.96. The number of halogens is 3. The summed E-state index contributed by atoms with van der Waals surface area (Å²) in [6, 6.07) is 7.04. The monoisotopic (exact) mass is 511 g/mol. The van der Waals surface area contributed by atoms with Gasteiger partial charge in [0, 0.05) is 24.2 Å². The predicted octanol–water partition coefficient (Wildman–Crippen LogP) is 4.05. The number of nitrogens with zero attached hydrogens (tertiary/aromatic N) is 5. The fraction of sp³-hybridized carbons (Fsp3) is 0.240. The van der Waals surface area contributed by atoms with E-state index in [4.69, 9.17) is 0 Å². The van der Waals surface area contributed by atoms with Crippen molar-refractivity contribution in [2.45, 2.75) is 20.0 Å². The van der Waals surface area contributed by atoms with E-state index in [-0.39, 0.29) is 6.54 Å². The van der Waals surface area contributed by atoms with Gasteiger partial charge in [0.25, 0.3) is 0 Å². The van der Waals surface area contributed by atoms with Crippen molar-refractivity contribution in [3.05, 3.63) is 60.2 Å². The average molecular weight is 512 g/mol. The molecule has 0 unspecified atom stereocenters. The Kier molecular flexibility index (Phi) is 7.09. The lowest BCUT2D eigenvalue weighted by Gasteiger charge is -2.28. The van der Waals surface area contributed by atoms with Gasteiger partial charge in [-0.2, -0.15) is 18.3 Å². The quantitative estimate of drug-likeness (QED) is 0.346. The molecule has 0 radical (unpaired) electrons. The summed E-state index contributed by atoms with van der Waals surface area (Å²) < 4.78 is 37.4. The van der Waals surface area contributed by atoms with Gasteiger partial charge in [-0.05, 0) is 37.1 Å². The molecule has 0 spiro atoms. The van der Waals surface area contributed by atoms with Gasteiger partial charge in [0.05, 0.1) is 53.4 Å². The number of aryl methyl sites for hydroxylation is 2. The molecule has 12 heteroatoms. The number of hydrogen-bond donors (Lipinski definition) is 2. The molecule has 0 fully saturated rings. The van der Waals surface area contributed by atoms with Crippen LogP contribution in [0.25, 0.3) is 22.2 Å². The third kappa shape index (κ3) is 5.52. The number of fused-ring (bicyclic) bond motifs is 1. The molecule has 4 aromatic rings. The first-order valence-corrected chi connectivity index (χ1v) is 11.2. The van der Waals surface area contributed by atoms with Crippen LogP contribution in [0.5, 0.6) is 0 Å². The van der Waals surface area contributed by atoms with Crippen molar-refractivity contribution in [2.75, 3.05) is 29.9 Å². The molecule has 3 aromatic heterocycles. The van der Waals surface area contributed by atoms with Gasteiger partial charge in [0.2, 0.25) is 12.3 Å². The molecule has 37 heavy (non-hydrogen) atoms. The second kappa shape index (κ2) is 10.2. The number of para-hydroxylation sites is 1. The largest absolute Gasteiger partial charge is 0.405 e. The van der Waals surface area contributed by atoms with E-state index in [0.29, 0.717) is 29.2 Å². The number of pyridine rings is 2. The lowest BCUT2D eigenvalue weighted by molar-refractivity contribution is -0.137. The number of nitrogens with one attached hydrogen (secondary N) is 2. The Labute approximate surface area is 210 Å². The molecule has 192 valence electrons. The van der Waals surface area contributed by atoms with Crippen LogP contribution in [0.15, 0.2) is 49.1 Å². The molecular formula is C25H24F3N7O2. The molecule has 0 bridgehead atoms. The lowest BCUT2D eigenvalue weighted by atomic mass is 10.0. The standard InChI is InChI=1S/C25H24F3N7O2/c1-15-5-4-6-21(34(3)12-22(37)31-13-25(26,27)28)24(15)35(14-36)17-7-16(2)23(30-8-17)19-9-29-11-20-18(19)10-32-33-20/h4-11,14H,12-13H2,1-3H3,(H,31,37)(H,32,33). The Bertz CT molecular complexity index is 1450. The number of aromatic amines is 1. The van der Waals surface area contributed by atoms with Crippen molar-refractivity contribution in [1.82, 2.24) is 25.5 Å². The van der Waals surface area contributed by atoms with Crippen LogP contribution in [-0.2, 0) is 9.59 Å². The number of carbonyl (C=O) groups is 2. The number of hydrogen-bond acceptors (Lipinski definition) is 6. The third-order valence-corrected chi connectivity index (χ3v) is 5.80. The third-order valence-electron chi connectivity index (χ3n) is 5.80. The Hall–Kier alpha value is -4.48. The Morgan fingerprint density at radius 1 is 1.14 bits per heavy atom. The molecule has 0 saturated heterocycles. The first kappa shape index (κ1) is 25.6. The molecular weight excluding hydrogens is 487 g/mol. The Morgan fingerprint density at radius 3 is 2.62 bits per heavy atom. The molecule has 2 amide bonds. The zero-order valence-electron chi connectivity index (χ0n) is 20.3. The summed E-state index contributed by atoms with van der Waals surface area (Å²) in [6.07, 6.45) is 2.75. The number of H-pyrrole nitrogens is 1. The van der Waals surface area contributed by atoms with Crippen LogP contribution in [-0.4, -0.2) is 58.8 Å². The lowest BCUT2D eigenvalue weighted by Crippen LogP contribution is -2.40. The summed E-state index contributed by atoms with van der Waals surface area (Å²) in [5.74, 6) is -0.797. The molecule has 3 heterocycles. The number of rotatable bonds is 8. The predicted molar refractivity (Wildman–Crippen MR) is 134 cm³/mol. The minimum Gasteiger partial charge on any atom is -0.364 e. The van der Waals surface area contributed by atoms with Gasteiger partial charge in [0.1, 0.15) is 6.54 Å². The van der Waals surface area contributed by atoms with Gasteiger partial charge in [-0.25, -0.2) is 0 Å². The van der Waals surface area contributed by atoms with E-state index in [2.05, 4.69) is 20.2 Å². The number of likely N-dealkylation sites (N-methyl/N-ethyl adjacent to an activating group) is 1. The van der Waals surface area contributed by atoms with Gasteiger partial charge >= 0.3 is 6.18 Å². The maximum Gasteiger partial charge on any atom is 0.405 e. The minimum absolute atomic E-state index is 0.336. The summed E-state index contributed by atoms with van der Waals surface area (Å²) >= 11 is 0. The van der Waals surface area contributed by atoms with Crippen LogP contribution < -0.4 is 15.1 Å². The molecule has 1 aromatic carbocycles. The van der Waals surface area contributed by atoms with Gasteiger partial charge in [0.15, 0.2) is 0 Å². The van der Waals surface area contributed by atoms with Crippen molar-refractivity contribution in [3.8, 4) is 11.3 Å². The summed E-state index contributed by atoms with van der Waals surface area (Å²) in [6.45, 7) is 1.91. The maximum atomic E-state index is 12.5. The smallest absolute Gasteiger partial charge is 0.364 e. The number of amides is 2. The van der Waals surface area contributed by atoms with E-state index in [1.54, 1.807) is 57.0 Å². The number of carbonyl (C=O) groups excluding carboxylic acids is 2. The number of benzene rings is 1. The van der Waals surface area contributed by atoms with Gasteiger partial charge < -0.3 is 10.2 Å². The molecule has 4 rings (SSSR count). The first-order chi connectivity index (χ1) is 17.6. The molecule has 9 nitrogen and oxygen atoms in total. The topological polar surface area (TPSA) is 107 Å². The van der Waals surface area contributed by atoms with E-state index in [1.165, 1.54) is 9.80 Å². The van der Waals surface area contributed by atoms with Crippen molar-refractivity contribution in [1.29, 1.82) is 0 Å². The van der Waals surface area contributed by atoms with E-state index < -0.39 is 18.6 Å². The fourth-order valence-electron chi connectivity index (χ4n) is 4.09. The van der Waals surface area contributed by atoms with Crippen molar-refractivity contribution in [2.24, 2.45) is 0 Å². The van der Waals surface area contributed by atoms with E-state index in [1.807, 2.05) is 18.3 Å². The minimum atomic E-state index is -4.51. The van der Waals surface area contributed by atoms with E-state index >= 15 is 0 Å². The van der Waals surface area contributed by atoms with Crippen LogP contribution in [0.4, 0.5) is 30.2 Å². The normalized spacial score (nSPS) is 11.4. The maximum absolute atomic E-state index is 12.5. The molecule has 0 saturated carbocycles. The molecule has 0 atom stereocenters. The van der Waals surface area contributed by atoms with Crippen LogP contribution in [0.2, 0.25) is 0 Å². The van der Waals surface area contributed by atoms with Crippen LogP contribution in [0.3, 0.4) is 0 Å². The highest BCUT2D eigenvalue weighted by Crippen LogP contribution is 2.37. The van der Waals surface area contributed by atoms with Crippen LogP contribution in [0.1, 0.15) is 11.1 Å². The number of anilines is 3. The number of alkyl halides is 3. The Morgan fingerprint density at radius 2 is 1.92 bits per heavy atom. The van der Waals surface area contributed by atoms with E-state index in [0.717, 1.165) is 27.6 Å². The van der Waals surface area contributed by atoms with Crippen molar-refractivity contribution < 1.29 is 22.8 Å². The second-order valence-electron chi connectivity index (χ2n) is 8.54. The van der Waals surface area contributed by atoms with Crippen molar-refractivity contribution in [3.63, 3.8) is 0 Å². The summed E-state index contributed by atoms with van der Waals surface area (Å²) in [7, 11) is 1.57. The summed E-state index contributed by atoms with van der Waals surface area (Å²) in [4.78, 5) is 36.2. The van der Waals surface area contributed by atoms with E-state index in [9.17, 15) is 22.8 Å². The van der Waals surface area contributed by atoms with Gasteiger partial charge in [-0.15, -0.1) is 0 Å². The second-order valence-corrected chi connectivity index (χ2v) is 8.54. The molecule has 0 aliphatic heterocycles. The van der Waals surface area contributed by atoms with Gasteiger partial charge in [-0.1, -0.05) is 12.1 Å². The molecule has 2 N–H and O–H groups in total. The van der Waals surface area contributed by atoms with Crippen LogP contribution >= 0.6 is 0 Å². The Balaban J connectivity index is 1.66. The highest BCUT2D eigenvalue weighted by Gasteiger charge is 2.28. The zero-order chi connectivity index (χ0) is 26.7. The fourth-order valence-corrected chi connectivity index (χ4v) is 4.09.